The van der Waals surface area contributed by atoms with Crippen molar-refractivity contribution in [1.82, 2.24) is 9.22 Å². The summed E-state index contributed by atoms with van der Waals surface area (Å²) in [5, 5.41) is 4.04. The normalized spacial score (nSPS) is 11.3. The zero-order valence-corrected chi connectivity index (χ0v) is 14.3. The molecule has 0 unspecified atom stereocenters. The lowest BCUT2D eigenvalue weighted by molar-refractivity contribution is 1.16. The molecule has 0 bridgehead atoms. The Labute approximate surface area is 143 Å². The minimum Gasteiger partial charge on any atom is -0.352 e. The Hall–Kier alpha value is -2.91. The molecule has 0 radical (unpaired) electrons. The largest absolute Gasteiger partial charge is 0.352 e. The van der Waals surface area contributed by atoms with Crippen molar-refractivity contribution in [1.29, 1.82) is 0 Å². The summed E-state index contributed by atoms with van der Waals surface area (Å²) >= 11 is 0. The molecule has 3 aromatic carbocycles. The maximum atomic E-state index is 4.36. The molecule has 0 saturated heterocycles. The van der Waals surface area contributed by atoms with Gasteiger partial charge >= 0.3 is 0 Å². The second-order valence-electron chi connectivity index (χ2n) is 5.78. The second kappa shape index (κ2) is 6.30. The molecule has 1 aromatic heterocycles. The van der Waals surface area contributed by atoms with Gasteiger partial charge in [-0.15, -0.1) is 0 Å². The van der Waals surface area contributed by atoms with Crippen molar-refractivity contribution in [3.05, 3.63) is 110 Å². The van der Waals surface area contributed by atoms with Gasteiger partial charge in [-0.1, -0.05) is 91.0 Å². The van der Waals surface area contributed by atoms with Crippen molar-refractivity contribution in [2.45, 2.75) is 0 Å². The molecule has 0 saturated carbocycles. The van der Waals surface area contributed by atoms with Crippen molar-refractivity contribution < 1.29 is 0 Å². The SMILES string of the molecule is c1ccc([Si](c2ccccc2)(c2ccccc2)n2ccnc2)cc1. The summed E-state index contributed by atoms with van der Waals surface area (Å²) in [7, 11) is -2.39. The lowest BCUT2D eigenvalue weighted by Gasteiger charge is -2.34. The molecule has 0 aliphatic carbocycles. The average Bonchev–Trinajstić information content (AvgIpc) is 3.20. The van der Waals surface area contributed by atoms with E-state index in [-0.39, 0.29) is 0 Å². The molecule has 24 heavy (non-hydrogen) atoms. The highest BCUT2D eigenvalue weighted by Crippen LogP contribution is 2.10. The Morgan fingerprint density at radius 1 is 0.583 bits per heavy atom. The van der Waals surface area contributed by atoms with Crippen molar-refractivity contribution in [3.63, 3.8) is 0 Å². The van der Waals surface area contributed by atoms with Crippen LogP contribution in [0.1, 0.15) is 0 Å². The average molecular weight is 326 g/mol. The molecule has 2 nitrogen and oxygen atoms in total. The highest BCUT2D eigenvalue weighted by Gasteiger charge is 2.41. The first kappa shape index (κ1) is 14.7. The second-order valence-corrected chi connectivity index (χ2v) is 9.45. The third-order valence-corrected chi connectivity index (χ3v) is 9.01. The number of hydrogen-bond acceptors (Lipinski definition) is 1. The Morgan fingerprint density at radius 3 is 1.33 bits per heavy atom. The van der Waals surface area contributed by atoms with Gasteiger partial charge < -0.3 is 4.23 Å². The highest BCUT2D eigenvalue weighted by atomic mass is 28.3. The molecule has 4 aromatic rings. The van der Waals surface area contributed by atoms with Crippen LogP contribution in [0.25, 0.3) is 0 Å². The minimum atomic E-state index is -2.39. The molecular formula is C21H18N2Si. The lowest BCUT2D eigenvalue weighted by atomic mass is 10.3. The summed E-state index contributed by atoms with van der Waals surface area (Å²) in [6.45, 7) is 0. The number of nitrogens with zero attached hydrogens (tertiary/aromatic N) is 2. The van der Waals surface area contributed by atoms with Crippen LogP contribution in [0.15, 0.2) is 110 Å². The summed E-state index contributed by atoms with van der Waals surface area (Å²) < 4.78 is 2.33. The number of imidazole rings is 1. The van der Waals surface area contributed by atoms with Crippen LogP contribution in [-0.2, 0) is 0 Å². The summed E-state index contributed by atoms with van der Waals surface area (Å²) in [5.41, 5.74) is 0. The van der Waals surface area contributed by atoms with E-state index in [1.54, 1.807) is 0 Å². The van der Waals surface area contributed by atoms with Crippen LogP contribution >= 0.6 is 0 Å². The van der Waals surface area contributed by atoms with Crippen LogP contribution in [-0.4, -0.2) is 17.5 Å². The van der Waals surface area contributed by atoms with Gasteiger partial charge in [0.1, 0.15) is 0 Å². The van der Waals surface area contributed by atoms with Crippen molar-refractivity contribution >= 4 is 23.8 Å². The van der Waals surface area contributed by atoms with Crippen molar-refractivity contribution in [2.24, 2.45) is 0 Å². The van der Waals surface area contributed by atoms with E-state index in [2.05, 4.69) is 106 Å². The summed E-state index contributed by atoms with van der Waals surface area (Å²) in [6.07, 6.45) is 5.93. The number of rotatable bonds is 4. The fourth-order valence-electron chi connectivity index (χ4n) is 3.44. The Bertz CT molecular complexity index is 792. The monoisotopic (exact) mass is 326 g/mol. The molecule has 0 aliphatic rings. The van der Waals surface area contributed by atoms with Gasteiger partial charge in [0.15, 0.2) is 0 Å². The number of hydrogen-bond donors (Lipinski definition) is 0. The Kier molecular flexibility index (Phi) is 3.85. The molecule has 0 aliphatic heterocycles. The minimum absolute atomic E-state index is 1.35. The van der Waals surface area contributed by atoms with Gasteiger partial charge in [0.05, 0.1) is 6.33 Å². The Balaban J connectivity index is 2.12. The molecule has 1 heterocycles. The topological polar surface area (TPSA) is 17.8 Å². The van der Waals surface area contributed by atoms with Gasteiger partial charge in [-0.25, -0.2) is 4.98 Å². The molecule has 3 heteroatoms. The zero-order chi connectivity index (χ0) is 16.2. The molecule has 0 spiro atoms. The number of aromatic nitrogens is 2. The Morgan fingerprint density at radius 2 is 1.00 bits per heavy atom. The summed E-state index contributed by atoms with van der Waals surface area (Å²) in [6, 6.07) is 32.4. The maximum Gasteiger partial charge on any atom is 0.257 e. The van der Waals surface area contributed by atoms with Gasteiger partial charge in [-0.2, -0.15) is 0 Å². The third kappa shape index (κ3) is 2.30. The van der Waals surface area contributed by atoms with Gasteiger partial charge in [-0.3, -0.25) is 0 Å². The fraction of sp³-hybridized carbons (Fsp3) is 0. The van der Waals surface area contributed by atoms with Crippen molar-refractivity contribution in [3.8, 4) is 0 Å². The van der Waals surface area contributed by atoms with E-state index in [1.807, 2.05) is 12.5 Å². The summed E-state index contributed by atoms with van der Waals surface area (Å²) in [5.74, 6) is 0. The fourth-order valence-corrected chi connectivity index (χ4v) is 7.89. The van der Waals surface area contributed by atoms with Gasteiger partial charge in [0, 0.05) is 12.4 Å². The van der Waals surface area contributed by atoms with Crippen LogP contribution in [0.4, 0.5) is 0 Å². The van der Waals surface area contributed by atoms with Gasteiger partial charge in [0.2, 0.25) is 0 Å². The molecule has 4 rings (SSSR count). The maximum absolute atomic E-state index is 4.36. The summed E-state index contributed by atoms with van der Waals surface area (Å²) in [4.78, 5) is 4.36. The molecule has 116 valence electrons. The molecular weight excluding hydrogens is 308 g/mol. The standard InChI is InChI=1S/C21H18N2Si/c1-4-10-19(11-5-1)24(23-17-16-22-18-23,20-12-6-2-7-13-20)21-14-8-3-9-15-21/h1-18H. The van der Waals surface area contributed by atoms with Crippen LogP contribution in [0.3, 0.4) is 0 Å². The first-order valence-corrected chi connectivity index (χ1v) is 10.0. The van der Waals surface area contributed by atoms with E-state index in [4.69, 9.17) is 0 Å². The van der Waals surface area contributed by atoms with Crippen molar-refractivity contribution in [2.75, 3.05) is 0 Å². The van der Waals surface area contributed by atoms with Crippen LogP contribution < -0.4 is 15.6 Å². The zero-order valence-electron chi connectivity index (χ0n) is 13.3. The van der Waals surface area contributed by atoms with Gasteiger partial charge in [0.25, 0.3) is 8.24 Å². The van der Waals surface area contributed by atoms with E-state index < -0.39 is 8.24 Å². The van der Waals surface area contributed by atoms with E-state index in [0.717, 1.165) is 0 Å². The lowest BCUT2D eigenvalue weighted by Crippen LogP contribution is -2.72. The van der Waals surface area contributed by atoms with E-state index in [0.29, 0.717) is 0 Å². The first-order chi connectivity index (χ1) is 11.9. The van der Waals surface area contributed by atoms with Crippen LogP contribution in [0.5, 0.6) is 0 Å². The molecule has 0 fully saturated rings. The first-order valence-electron chi connectivity index (χ1n) is 8.07. The van der Waals surface area contributed by atoms with E-state index in [1.165, 1.54) is 15.6 Å². The highest BCUT2D eigenvalue weighted by molar-refractivity contribution is 7.10. The number of benzene rings is 3. The molecule has 0 N–H and O–H groups in total. The predicted octanol–water partition coefficient (Wildman–Crippen LogP) is 2.40. The van der Waals surface area contributed by atoms with E-state index in [9.17, 15) is 0 Å². The van der Waals surface area contributed by atoms with E-state index >= 15 is 0 Å². The third-order valence-electron chi connectivity index (χ3n) is 4.47. The van der Waals surface area contributed by atoms with Crippen LogP contribution in [0, 0.1) is 0 Å². The molecule has 0 atom stereocenters. The van der Waals surface area contributed by atoms with Crippen LogP contribution in [0.2, 0.25) is 0 Å². The smallest absolute Gasteiger partial charge is 0.257 e. The quantitative estimate of drug-likeness (QED) is 0.416. The molecule has 0 amide bonds. The van der Waals surface area contributed by atoms with Gasteiger partial charge in [-0.05, 0) is 15.6 Å². The predicted molar refractivity (Wildman–Crippen MR) is 102 cm³/mol.